The molecule has 2 rings (SSSR count). The Balaban J connectivity index is 2.14. The van der Waals surface area contributed by atoms with E-state index in [9.17, 15) is 10.0 Å². The third-order valence-corrected chi connectivity index (χ3v) is 2.87. The molecule has 0 saturated carbocycles. The van der Waals surface area contributed by atoms with Gasteiger partial charge in [0.25, 0.3) is 0 Å². The maximum absolute atomic E-state index is 10.6. The number of carboxylic acid groups (broad SMARTS) is 1. The summed E-state index contributed by atoms with van der Waals surface area (Å²) in [6, 6.07) is 9.78. The molecule has 2 aromatic heterocycles. The van der Waals surface area contributed by atoms with E-state index in [0.29, 0.717) is 16.5 Å². The Labute approximate surface area is 142 Å². The molecule has 0 aromatic carbocycles. The van der Waals surface area contributed by atoms with Gasteiger partial charge in [-0.15, -0.1) is 0 Å². The molecule has 130 valence electrons. The number of nitrogens with zero attached hydrogens (tertiary/aromatic N) is 4. The number of hydrogen-bond acceptors (Lipinski definition) is 7. The van der Waals surface area contributed by atoms with Crippen LogP contribution in [-0.4, -0.2) is 50.0 Å². The third kappa shape index (κ3) is 5.25. The fraction of sp³-hybridized carbons (Fsp3) is 0.133. The number of likely N-dealkylation sites (N-methyl/N-ethyl adjacent to an activating group) is 1. The van der Waals surface area contributed by atoms with E-state index in [1.54, 1.807) is 30.3 Å². The minimum atomic E-state index is -1.22. The first-order valence-electron chi connectivity index (χ1n) is 7.06. The van der Waals surface area contributed by atoms with Crippen molar-refractivity contribution in [1.29, 1.82) is 5.41 Å². The second-order valence-electron chi connectivity index (χ2n) is 4.74. The topological polar surface area (TPSA) is 144 Å². The van der Waals surface area contributed by atoms with Crippen molar-refractivity contribution in [2.45, 2.75) is 6.61 Å². The average Bonchev–Trinajstić information content (AvgIpc) is 2.58. The zero-order valence-electron chi connectivity index (χ0n) is 13.2. The van der Waals surface area contributed by atoms with E-state index in [-0.39, 0.29) is 24.0 Å². The summed E-state index contributed by atoms with van der Waals surface area (Å²) in [4.78, 5) is 23.9. The van der Waals surface area contributed by atoms with Crippen molar-refractivity contribution in [3.63, 3.8) is 0 Å². The predicted molar refractivity (Wildman–Crippen MR) is 88.7 cm³/mol. The number of nitrogens with one attached hydrogen (secondary N) is 2. The summed E-state index contributed by atoms with van der Waals surface area (Å²) in [5.74, 6) is -0.140. The molecule has 25 heavy (non-hydrogen) atoms. The van der Waals surface area contributed by atoms with Crippen molar-refractivity contribution in [3.8, 4) is 0 Å². The normalized spacial score (nSPS) is 10.9. The molecule has 4 N–H and O–H groups in total. The summed E-state index contributed by atoms with van der Waals surface area (Å²) < 4.78 is 0. The van der Waals surface area contributed by atoms with E-state index >= 15 is 0 Å². The van der Waals surface area contributed by atoms with E-state index in [0.717, 1.165) is 0 Å². The SMILES string of the molecule is CN(O)C(=N)C(=NOCc1cccc(NC(=O)O)n1)c1ccccn1. The molecule has 2 heterocycles. The summed E-state index contributed by atoms with van der Waals surface area (Å²) in [6.07, 6.45) is 0.304. The van der Waals surface area contributed by atoms with Gasteiger partial charge in [0.2, 0.25) is 0 Å². The fourth-order valence-electron chi connectivity index (χ4n) is 1.77. The van der Waals surface area contributed by atoms with E-state index in [1.165, 1.54) is 19.3 Å². The molecule has 0 unspecified atom stereocenters. The Kier molecular flexibility index (Phi) is 5.96. The highest BCUT2D eigenvalue weighted by molar-refractivity contribution is 6.45. The van der Waals surface area contributed by atoms with Gasteiger partial charge in [-0.05, 0) is 24.3 Å². The molecule has 0 bridgehead atoms. The van der Waals surface area contributed by atoms with Crippen molar-refractivity contribution in [1.82, 2.24) is 15.0 Å². The van der Waals surface area contributed by atoms with Crippen LogP contribution in [0.3, 0.4) is 0 Å². The molecule has 0 aliphatic carbocycles. The van der Waals surface area contributed by atoms with Gasteiger partial charge in [-0.3, -0.25) is 20.9 Å². The standard InChI is InChI=1S/C15H16N6O4/c1-21(24)14(16)13(11-6-2-3-8-17-11)20-25-9-10-5-4-7-12(18-10)19-15(22)23/h2-8,16,24H,9H2,1H3,(H,18,19)(H,22,23). The van der Waals surface area contributed by atoms with Crippen LogP contribution in [0.4, 0.5) is 10.6 Å². The number of amides is 1. The number of amidine groups is 1. The quantitative estimate of drug-likeness (QED) is 0.355. The maximum Gasteiger partial charge on any atom is 0.410 e. The Morgan fingerprint density at radius 1 is 1.36 bits per heavy atom. The number of anilines is 1. The molecule has 0 fully saturated rings. The number of hydroxylamine groups is 2. The maximum atomic E-state index is 10.6. The van der Waals surface area contributed by atoms with Gasteiger partial charge in [-0.2, -0.15) is 0 Å². The highest BCUT2D eigenvalue weighted by atomic mass is 16.6. The number of aromatic nitrogens is 2. The molecular weight excluding hydrogens is 328 g/mol. The van der Waals surface area contributed by atoms with Crippen molar-refractivity contribution in [2.24, 2.45) is 5.16 Å². The molecule has 0 atom stereocenters. The molecular formula is C15H16N6O4. The third-order valence-electron chi connectivity index (χ3n) is 2.87. The van der Waals surface area contributed by atoms with Gasteiger partial charge in [-0.25, -0.2) is 14.8 Å². The second kappa shape index (κ2) is 8.36. The highest BCUT2D eigenvalue weighted by Gasteiger charge is 2.15. The summed E-state index contributed by atoms with van der Waals surface area (Å²) >= 11 is 0. The van der Waals surface area contributed by atoms with Crippen molar-refractivity contribution < 1.29 is 19.9 Å². The molecule has 0 spiro atoms. The first-order valence-corrected chi connectivity index (χ1v) is 7.06. The largest absolute Gasteiger partial charge is 0.465 e. The van der Waals surface area contributed by atoms with E-state index in [4.69, 9.17) is 15.4 Å². The van der Waals surface area contributed by atoms with Crippen LogP contribution in [0.15, 0.2) is 47.8 Å². The molecule has 0 saturated heterocycles. The van der Waals surface area contributed by atoms with E-state index in [1.807, 2.05) is 0 Å². The number of pyridine rings is 2. The van der Waals surface area contributed by atoms with Gasteiger partial charge >= 0.3 is 6.09 Å². The van der Waals surface area contributed by atoms with Gasteiger partial charge in [0.05, 0.1) is 11.4 Å². The van der Waals surface area contributed by atoms with Gasteiger partial charge < -0.3 is 9.94 Å². The van der Waals surface area contributed by atoms with Crippen LogP contribution in [-0.2, 0) is 11.4 Å². The fourth-order valence-corrected chi connectivity index (χ4v) is 1.77. The minimum absolute atomic E-state index is 0.0328. The van der Waals surface area contributed by atoms with Crippen LogP contribution < -0.4 is 5.32 Å². The lowest BCUT2D eigenvalue weighted by atomic mass is 10.2. The first-order chi connectivity index (χ1) is 12.0. The number of oxime groups is 1. The van der Waals surface area contributed by atoms with Crippen LogP contribution in [0, 0.1) is 5.41 Å². The Hall–Kier alpha value is -3.53. The molecule has 0 radical (unpaired) electrons. The molecule has 2 aromatic rings. The second-order valence-corrected chi connectivity index (χ2v) is 4.74. The lowest BCUT2D eigenvalue weighted by Crippen LogP contribution is -2.31. The van der Waals surface area contributed by atoms with Crippen LogP contribution in [0.5, 0.6) is 0 Å². The van der Waals surface area contributed by atoms with Crippen molar-refractivity contribution in [2.75, 3.05) is 12.4 Å². The van der Waals surface area contributed by atoms with Crippen molar-refractivity contribution >= 4 is 23.5 Å². The monoisotopic (exact) mass is 344 g/mol. The molecule has 0 aliphatic rings. The number of hydrogen-bond donors (Lipinski definition) is 4. The predicted octanol–water partition coefficient (Wildman–Crippen LogP) is 1.79. The molecule has 0 aliphatic heterocycles. The van der Waals surface area contributed by atoms with Crippen LogP contribution in [0.1, 0.15) is 11.4 Å². The van der Waals surface area contributed by atoms with Gasteiger partial charge in [0, 0.05) is 13.2 Å². The van der Waals surface area contributed by atoms with Gasteiger partial charge in [-0.1, -0.05) is 17.3 Å². The number of rotatable bonds is 6. The molecule has 1 amide bonds. The Morgan fingerprint density at radius 2 is 2.16 bits per heavy atom. The zero-order chi connectivity index (χ0) is 18.2. The first kappa shape index (κ1) is 17.8. The van der Waals surface area contributed by atoms with E-state index in [2.05, 4.69) is 20.4 Å². The van der Waals surface area contributed by atoms with Crippen LogP contribution in [0.2, 0.25) is 0 Å². The smallest absolute Gasteiger partial charge is 0.410 e. The average molecular weight is 344 g/mol. The summed E-state index contributed by atoms with van der Waals surface area (Å²) in [7, 11) is 1.28. The lowest BCUT2D eigenvalue weighted by molar-refractivity contribution is 0.0148. The van der Waals surface area contributed by atoms with Crippen LogP contribution in [0.25, 0.3) is 0 Å². The van der Waals surface area contributed by atoms with Crippen molar-refractivity contribution in [3.05, 3.63) is 54.0 Å². The summed E-state index contributed by atoms with van der Waals surface area (Å²) in [5.41, 5.74) is 0.812. The van der Waals surface area contributed by atoms with Gasteiger partial charge in [0.1, 0.15) is 5.82 Å². The molecule has 10 nitrogen and oxygen atoms in total. The number of carbonyl (C=O) groups is 1. The van der Waals surface area contributed by atoms with Gasteiger partial charge in [0.15, 0.2) is 18.2 Å². The Bertz CT molecular complexity index is 779. The molecule has 10 heteroatoms. The van der Waals surface area contributed by atoms with Crippen LogP contribution >= 0.6 is 0 Å². The summed E-state index contributed by atoms with van der Waals surface area (Å²) in [6.45, 7) is -0.0616. The minimum Gasteiger partial charge on any atom is -0.465 e. The zero-order valence-corrected chi connectivity index (χ0v) is 13.2. The highest BCUT2D eigenvalue weighted by Crippen LogP contribution is 2.07. The Morgan fingerprint density at radius 3 is 2.80 bits per heavy atom. The summed E-state index contributed by atoms with van der Waals surface area (Å²) in [5, 5.41) is 32.6. The lowest BCUT2D eigenvalue weighted by Gasteiger charge is -2.13. The van der Waals surface area contributed by atoms with E-state index < -0.39 is 6.09 Å².